The zero-order valence-electron chi connectivity index (χ0n) is 12.5. The van der Waals surface area contributed by atoms with Crippen molar-refractivity contribution in [3.05, 3.63) is 29.8 Å². The van der Waals surface area contributed by atoms with Gasteiger partial charge >= 0.3 is 6.03 Å². The molecule has 1 fully saturated rings. The normalized spacial score (nSPS) is 18.1. The van der Waals surface area contributed by atoms with Crippen LogP contribution in [0.5, 0.6) is 0 Å². The monoisotopic (exact) mass is 286 g/mol. The van der Waals surface area contributed by atoms with E-state index in [1.54, 1.807) is 0 Å². The van der Waals surface area contributed by atoms with Gasteiger partial charge in [-0.2, -0.15) is 0 Å². The number of aryl methyl sites for hydroxylation is 1. The number of benzene rings is 1. The number of ether oxygens (including phenoxy) is 1. The van der Waals surface area contributed by atoms with E-state index in [-0.39, 0.29) is 6.03 Å². The Kier molecular flexibility index (Phi) is 5.65. The van der Waals surface area contributed by atoms with Crippen molar-refractivity contribution in [3.63, 3.8) is 0 Å². The molecule has 1 aliphatic heterocycles. The fourth-order valence-electron chi connectivity index (χ4n) is 2.58. The Bertz CT molecular complexity index is 522. The number of rotatable bonds is 4. The van der Waals surface area contributed by atoms with E-state index in [9.17, 15) is 4.79 Å². The molecule has 0 radical (unpaired) electrons. The van der Waals surface area contributed by atoms with Crippen molar-refractivity contribution in [1.82, 2.24) is 4.90 Å². The summed E-state index contributed by atoms with van der Waals surface area (Å²) in [4.78, 5) is 14.2. The second-order valence-electron chi connectivity index (χ2n) is 5.42. The van der Waals surface area contributed by atoms with Crippen molar-refractivity contribution >= 4 is 11.7 Å². The lowest BCUT2D eigenvalue weighted by Crippen LogP contribution is -2.43. The van der Waals surface area contributed by atoms with Crippen LogP contribution in [-0.4, -0.2) is 37.2 Å². The summed E-state index contributed by atoms with van der Waals surface area (Å²) in [5.41, 5.74) is 1.94. The number of carbonyl (C=O) groups is 1. The van der Waals surface area contributed by atoms with Gasteiger partial charge in [0.15, 0.2) is 0 Å². The molecule has 21 heavy (non-hydrogen) atoms. The minimum absolute atomic E-state index is 0.0362. The lowest BCUT2D eigenvalue weighted by Gasteiger charge is -2.32. The van der Waals surface area contributed by atoms with E-state index in [0.29, 0.717) is 19.1 Å². The molecule has 1 aromatic carbocycles. The number of nitrogens with one attached hydrogen (secondary N) is 1. The van der Waals surface area contributed by atoms with Gasteiger partial charge in [0.1, 0.15) is 6.61 Å². The van der Waals surface area contributed by atoms with Crippen LogP contribution in [0.4, 0.5) is 10.5 Å². The van der Waals surface area contributed by atoms with Gasteiger partial charge < -0.3 is 15.0 Å². The van der Waals surface area contributed by atoms with E-state index in [2.05, 4.69) is 11.2 Å². The second-order valence-corrected chi connectivity index (χ2v) is 5.42. The lowest BCUT2D eigenvalue weighted by molar-refractivity contribution is 0.0883. The maximum atomic E-state index is 12.3. The van der Waals surface area contributed by atoms with Crippen LogP contribution in [0.25, 0.3) is 0 Å². The Morgan fingerprint density at radius 2 is 2.33 bits per heavy atom. The number of amides is 2. The van der Waals surface area contributed by atoms with Gasteiger partial charge in [-0.1, -0.05) is 24.1 Å². The molecule has 2 rings (SSSR count). The molecular weight excluding hydrogens is 264 g/mol. The minimum atomic E-state index is -0.0362. The topological polar surface area (TPSA) is 41.6 Å². The van der Waals surface area contributed by atoms with Gasteiger partial charge in [0, 0.05) is 24.7 Å². The van der Waals surface area contributed by atoms with Gasteiger partial charge in [-0.3, -0.25) is 0 Å². The van der Waals surface area contributed by atoms with Crippen molar-refractivity contribution in [2.24, 2.45) is 5.92 Å². The first-order valence-corrected chi connectivity index (χ1v) is 7.33. The zero-order chi connectivity index (χ0) is 15.1. The number of para-hydroxylation sites is 1. The van der Waals surface area contributed by atoms with Crippen molar-refractivity contribution in [3.8, 4) is 12.3 Å². The van der Waals surface area contributed by atoms with E-state index in [1.807, 2.05) is 36.1 Å². The average Bonchev–Trinajstić information content (AvgIpc) is 2.50. The van der Waals surface area contributed by atoms with E-state index >= 15 is 0 Å². The van der Waals surface area contributed by atoms with Gasteiger partial charge in [-0.15, -0.1) is 6.42 Å². The molecule has 0 spiro atoms. The van der Waals surface area contributed by atoms with Gasteiger partial charge in [-0.05, 0) is 31.4 Å². The highest BCUT2D eigenvalue weighted by molar-refractivity contribution is 5.90. The largest absolute Gasteiger partial charge is 0.368 e. The van der Waals surface area contributed by atoms with Crippen molar-refractivity contribution in [1.29, 1.82) is 0 Å². The molecule has 1 aromatic rings. The van der Waals surface area contributed by atoms with Crippen molar-refractivity contribution in [2.75, 3.05) is 31.6 Å². The molecule has 1 saturated heterocycles. The number of piperidine rings is 1. The molecule has 112 valence electrons. The molecule has 1 heterocycles. The van der Waals surface area contributed by atoms with E-state index in [0.717, 1.165) is 37.2 Å². The van der Waals surface area contributed by atoms with Crippen LogP contribution in [0.1, 0.15) is 18.4 Å². The predicted octanol–water partition coefficient (Wildman–Crippen LogP) is 2.89. The quantitative estimate of drug-likeness (QED) is 0.683. The summed E-state index contributed by atoms with van der Waals surface area (Å²) in [7, 11) is 0. The zero-order valence-corrected chi connectivity index (χ0v) is 12.5. The van der Waals surface area contributed by atoms with Crippen LogP contribution in [-0.2, 0) is 4.74 Å². The Morgan fingerprint density at radius 1 is 1.52 bits per heavy atom. The second kappa shape index (κ2) is 7.70. The molecule has 0 aromatic heterocycles. The lowest BCUT2D eigenvalue weighted by atomic mass is 9.99. The summed E-state index contributed by atoms with van der Waals surface area (Å²) in [6.45, 7) is 4.47. The van der Waals surface area contributed by atoms with Gasteiger partial charge in [0.25, 0.3) is 0 Å². The number of anilines is 1. The van der Waals surface area contributed by atoms with Crippen LogP contribution >= 0.6 is 0 Å². The van der Waals surface area contributed by atoms with Crippen molar-refractivity contribution < 1.29 is 9.53 Å². The van der Waals surface area contributed by atoms with Gasteiger partial charge in [0.05, 0.1) is 6.61 Å². The average molecular weight is 286 g/mol. The number of nitrogens with zero attached hydrogens (tertiary/aromatic N) is 1. The standard InChI is InChI=1S/C17H22N2O2/c1-3-11-21-13-15-8-6-10-19(12-15)17(20)18-16-9-5-4-7-14(16)2/h1,4-5,7,9,15H,6,8,10-13H2,2H3,(H,18,20). The smallest absolute Gasteiger partial charge is 0.321 e. The summed E-state index contributed by atoms with van der Waals surface area (Å²) in [5, 5.41) is 2.98. The van der Waals surface area contributed by atoms with Crippen LogP contribution in [0.15, 0.2) is 24.3 Å². The first kappa shape index (κ1) is 15.4. The Hall–Kier alpha value is -1.99. The van der Waals surface area contributed by atoms with E-state index < -0.39 is 0 Å². The SMILES string of the molecule is C#CCOCC1CCCN(C(=O)Nc2ccccc2C)C1. The molecule has 1 atom stereocenters. The predicted molar refractivity (Wildman–Crippen MR) is 84.1 cm³/mol. The minimum Gasteiger partial charge on any atom is -0.368 e. The fourth-order valence-corrected chi connectivity index (χ4v) is 2.58. The van der Waals surface area contributed by atoms with Gasteiger partial charge in [-0.25, -0.2) is 4.79 Å². The molecule has 1 N–H and O–H groups in total. The molecule has 1 aliphatic rings. The highest BCUT2D eigenvalue weighted by Gasteiger charge is 2.23. The molecule has 4 heteroatoms. The van der Waals surface area contributed by atoms with E-state index in [4.69, 9.17) is 11.2 Å². The molecule has 2 amide bonds. The molecule has 0 bridgehead atoms. The molecule has 4 nitrogen and oxygen atoms in total. The number of carbonyl (C=O) groups excluding carboxylic acids is 1. The number of hydrogen-bond acceptors (Lipinski definition) is 2. The van der Waals surface area contributed by atoms with Gasteiger partial charge in [0.2, 0.25) is 0 Å². The maximum Gasteiger partial charge on any atom is 0.321 e. The first-order chi connectivity index (χ1) is 10.2. The summed E-state index contributed by atoms with van der Waals surface area (Å²) < 4.78 is 5.39. The third-order valence-corrected chi connectivity index (χ3v) is 3.73. The Balaban J connectivity index is 1.87. The highest BCUT2D eigenvalue weighted by Crippen LogP contribution is 2.19. The number of hydrogen-bond donors (Lipinski definition) is 1. The summed E-state index contributed by atoms with van der Waals surface area (Å²) in [5.74, 6) is 2.84. The number of urea groups is 1. The first-order valence-electron chi connectivity index (χ1n) is 7.33. The van der Waals surface area contributed by atoms with Crippen LogP contribution in [0, 0.1) is 25.2 Å². The van der Waals surface area contributed by atoms with Crippen molar-refractivity contribution in [2.45, 2.75) is 19.8 Å². The molecule has 1 unspecified atom stereocenters. The number of likely N-dealkylation sites (tertiary alicyclic amines) is 1. The maximum absolute atomic E-state index is 12.3. The molecule has 0 saturated carbocycles. The van der Waals surface area contributed by atoms with Crippen LogP contribution < -0.4 is 5.32 Å². The van der Waals surface area contributed by atoms with Crippen LogP contribution in [0.3, 0.4) is 0 Å². The third kappa shape index (κ3) is 4.51. The summed E-state index contributed by atoms with van der Waals surface area (Å²) >= 11 is 0. The summed E-state index contributed by atoms with van der Waals surface area (Å²) in [6, 6.07) is 7.76. The molecular formula is C17H22N2O2. The fraction of sp³-hybridized carbons (Fsp3) is 0.471. The number of terminal acetylenes is 1. The van der Waals surface area contributed by atoms with Crippen LogP contribution in [0.2, 0.25) is 0 Å². The highest BCUT2D eigenvalue weighted by atomic mass is 16.5. The third-order valence-electron chi connectivity index (χ3n) is 3.73. The van der Waals surface area contributed by atoms with E-state index in [1.165, 1.54) is 0 Å². The Morgan fingerprint density at radius 3 is 3.10 bits per heavy atom. The Labute approximate surface area is 126 Å². The molecule has 0 aliphatic carbocycles. The summed E-state index contributed by atoms with van der Waals surface area (Å²) in [6.07, 6.45) is 7.26.